The summed E-state index contributed by atoms with van der Waals surface area (Å²) in [6.07, 6.45) is -15.3. The summed E-state index contributed by atoms with van der Waals surface area (Å²) in [6, 6.07) is 9.54. The lowest BCUT2D eigenvalue weighted by atomic mass is 9.92. The molecule has 208 valence electrons. The van der Waals surface area contributed by atoms with Crippen LogP contribution in [0, 0.1) is 56.7 Å². The zero-order valence-corrected chi connectivity index (χ0v) is 20.0. The van der Waals surface area contributed by atoms with Crippen molar-refractivity contribution in [2.24, 2.45) is 0 Å². The van der Waals surface area contributed by atoms with Crippen LogP contribution in [0.3, 0.4) is 0 Å². The van der Waals surface area contributed by atoms with E-state index in [-0.39, 0.29) is 17.7 Å². The van der Waals surface area contributed by atoms with E-state index in [0.717, 1.165) is 12.1 Å². The van der Waals surface area contributed by atoms with Gasteiger partial charge in [0.15, 0.2) is 5.69 Å². The molecule has 0 saturated heterocycles. The topological polar surface area (TPSA) is 145 Å². The number of nitrogens with zero attached hydrogens (tertiary/aromatic N) is 7. The van der Waals surface area contributed by atoms with Gasteiger partial charge in [0.1, 0.15) is 52.9 Å². The van der Waals surface area contributed by atoms with Crippen molar-refractivity contribution in [3.8, 4) is 52.6 Å². The van der Waals surface area contributed by atoms with E-state index in [1.807, 2.05) is 0 Å². The molecule has 42 heavy (non-hydrogen) atoms. The number of nitriles is 5. The molecule has 0 fully saturated rings. The molecule has 1 aromatic carbocycles. The molecule has 0 aliphatic carbocycles. The van der Waals surface area contributed by atoms with Gasteiger partial charge in [-0.05, 0) is 47.0 Å². The van der Waals surface area contributed by atoms with E-state index in [2.05, 4.69) is 9.97 Å². The Morgan fingerprint density at radius 1 is 0.571 bits per heavy atom. The summed E-state index contributed by atoms with van der Waals surface area (Å²) in [5.41, 5.74) is -10.6. The summed E-state index contributed by atoms with van der Waals surface area (Å²) < 4.78 is 121. The van der Waals surface area contributed by atoms with E-state index >= 15 is 0 Å². The fourth-order valence-electron chi connectivity index (χ4n) is 3.68. The first-order chi connectivity index (χ1) is 19.5. The van der Waals surface area contributed by atoms with Gasteiger partial charge in [-0.2, -0.15) is 65.8 Å². The summed E-state index contributed by atoms with van der Waals surface area (Å²) in [6.45, 7) is 0. The van der Waals surface area contributed by atoms with Crippen molar-refractivity contribution in [3.63, 3.8) is 0 Å². The molecule has 0 atom stereocenters. The highest BCUT2D eigenvalue weighted by atomic mass is 19.4. The molecule has 3 rings (SSSR count). The Balaban J connectivity index is 2.65. The highest BCUT2D eigenvalue weighted by Crippen LogP contribution is 2.36. The Morgan fingerprint density at radius 2 is 1.00 bits per heavy atom. The predicted molar refractivity (Wildman–Crippen MR) is 121 cm³/mol. The van der Waals surface area contributed by atoms with Crippen LogP contribution in [0.15, 0.2) is 36.5 Å². The van der Waals surface area contributed by atoms with Crippen molar-refractivity contribution < 1.29 is 39.5 Å². The van der Waals surface area contributed by atoms with Crippen LogP contribution in [0.1, 0.15) is 22.6 Å². The van der Waals surface area contributed by atoms with Crippen molar-refractivity contribution in [1.29, 1.82) is 26.3 Å². The maximum Gasteiger partial charge on any atom is 0.434 e. The molecule has 0 saturated carbocycles. The summed E-state index contributed by atoms with van der Waals surface area (Å²) in [5, 5.41) is 46.1. The maximum absolute atomic E-state index is 13.5. The van der Waals surface area contributed by atoms with Gasteiger partial charge >= 0.3 is 18.5 Å². The average molecular weight is 587 g/mol. The molecule has 3 aromatic rings. The second-order valence-electron chi connectivity index (χ2n) is 7.99. The largest absolute Gasteiger partial charge is 0.434 e. The maximum atomic E-state index is 13.5. The van der Waals surface area contributed by atoms with Crippen LogP contribution in [0.4, 0.5) is 39.5 Å². The molecule has 2 heterocycles. The fraction of sp³-hybridized carbons (Fsp3) is 0.115. The normalized spacial score (nSPS) is 11.3. The molecule has 0 radical (unpaired) electrons. The Kier molecular flexibility index (Phi) is 7.96. The molecule has 0 spiro atoms. The van der Waals surface area contributed by atoms with Crippen LogP contribution in [-0.2, 0) is 18.5 Å². The molecule has 2 aromatic heterocycles. The Morgan fingerprint density at radius 3 is 1.36 bits per heavy atom. The highest BCUT2D eigenvalue weighted by Gasteiger charge is 2.39. The minimum atomic E-state index is -5.40. The lowest BCUT2D eigenvalue weighted by molar-refractivity contribution is -0.150. The van der Waals surface area contributed by atoms with Crippen molar-refractivity contribution in [1.82, 2.24) is 9.97 Å². The van der Waals surface area contributed by atoms with Crippen molar-refractivity contribution in [2.45, 2.75) is 18.5 Å². The van der Waals surface area contributed by atoms with Gasteiger partial charge < -0.3 is 0 Å². The van der Waals surface area contributed by atoms with E-state index in [1.165, 1.54) is 30.3 Å². The van der Waals surface area contributed by atoms with Crippen LogP contribution in [0.25, 0.3) is 33.4 Å². The number of hydrogen-bond donors (Lipinski definition) is 0. The number of benzene rings is 1. The Labute approximate surface area is 228 Å². The van der Waals surface area contributed by atoms with Gasteiger partial charge in [-0.15, -0.1) is 0 Å². The number of pyridine rings is 2. The first-order valence-electron chi connectivity index (χ1n) is 10.7. The van der Waals surface area contributed by atoms with Crippen LogP contribution in [0.2, 0.25) is 0 Å². The minimum absolute atomic E-state index is 0.176. The fourth-order valence-corrected chi connectivity index (χ4v) is 3.68. The van der Waals surface area contributed by atoms with Crippen LogP contribution >= 0.6 is 0 Å². The van der Waals surface area contributed by atoms with E-state index in [9.17, 15) is 65.8 Å². The SMILES string of the molecule is N#CC(C#N)=c1cc(-c2cnc(C(F)(F)F)c(C#N)c2)c(=C(C#N)C#N)cc1-c1cc(C(F)(F)F)nc(C(F)(F)F)c1. The molecule has 7 nitrogen and oxygen atoms in total. The lowest BCUT2D eigenvalue weighted by Gasteiger charge is -2.15. The van der Waals surface area contributed by atoms with Crippen molar-refractivity contribution >= 4 is 11.1 Å². The Bertz CT molecular complexity index is 1890. The van der Waals surface area contributed by atoms with E-state index in [4.69, 9.17) is 0 Å². The third kappa shape index (κ3) is 5.96. The number of halogens is 9. The molecule has 0 aliphatic heterocycles. The third-order valence-electron chi connectivity index (χ3n) is 5.45. The van der Waals surface area contributed by atoms with E-state index in [0.29, 0.717) is 12.3 Å². The first kappa shape index (κ1) is 30.6. The van der Waals surface area contributed by atoms with Crippen molar-refractivity contribution in [2.75, 3.05) is 0 Å². The molecule has 16 heteroatoms. The lowest BCUT2D eigenvalue weighted by Crippen LogP contribution is -2.21. The monoisotopic (exact) mass is 587 g/mol. The quantitative estimate of drug-likeness (QED) is 0.378. The van der Waals surface area contributed by atoms with Gasteiger partial charge in [0, 0.05) is 22.2 Å². The average Bonchev–Trinajstić information content (AvgIpc) is 2.92. The number of aromatic nitrogens is 2. The highest BCUT2D eigenvalue weighted by molar-refractivity contribution is 5.85. The first-order valence-corrected chi connectivity index (χ1v) is 10.7. The van der Waals surface area contributed by atoms with E-state index in [1.54, 1.807) is 0 Å². The summed E-state index contributed by atoms with van der Waals surface area (Å²) in [5.74, 6) is 0. The summed E-state index contributed by atoms with van der Waals surface area (Å²) >= 11 is 0. The number of hydrogen-bond acceptors (Lipinski definition) is 7. The third-order valence-corrected chi connectivity index (χ3v) is 5.45. The van der Waals surface area contributed by atoms with Crippen LogP contribution in [-0.4, -0.2) is 9.97 Å². The molecular weight excluding hydrogens is 581 g/mol. The van der Waals surface area contributed by atoms with Gasteiger partial charge in [-0.25, -0.2) is 9.97 Å². The van der Waals surface area contributed by atoms with Gasteiger partial charge in [-0.1, -0.05) is 0 Å². The summed E-state index contributed by atoms with van der Waals surface area (Å²) in [4.78, 5) is 5.80. The zero-order valence-electron chi connectivity index (χ0n) is 20.0. The summed E-state index contributed by atoms with van der Waals surface area (Å²) in [7, 11) is 0. The number of alkyl halides is 9. The van der Waals surface area contributed by atoms with Crippen LogP contribution in [0.5, 0.6) is 0 Å². The van der Waals surface area contributed by atoms with Crippen LogP contribution < -0.4 is 10.4 Å². The van der Waals surface area contributed by atoms with E-state index < -0.39 is 79.4 Å². The second-order valence-corrected chi connectivity index (χ2v) is 7.99. The second kappa shape index (κ2) is 10.9. The molecular formula is C26H6F9N7. The smallest absolute Gasteiger partial charge is 0.250 e. The molecule has 0 bridgehead atoms. The standard InChI is InChI=1S/C26H6F9N7/c27-24(28,29)21-2-12(3-22(42-21)25(30,31)32)17-4-20(16(9-39)10-40)18(5-19(17)15(7-37)8-38)14-1-13(6-36)23(41-11-14)26(33,34)35/h1-5,11H. The number of rotatable bonds is 2. The Hall–Kier alpha value is -5.92. The zero-order chi connectivity index (χ0) is 31.6. The molecule has 0 amide bonds. The van der Waals surface area contributed by atoms with Gasteiger partial charge in [0.05, 0.1) is 5.56 Å². The molecule has 0 N–H and O–H groups in total. The predicted octanol–water partition coefficient (Wildman–Crippen LogP) is 5.13. The van der Waals surface area contributed by atoms with Gasteiger partial charge in [0.2, 0.25) is 0 Å². The molecule has 0 aliphatic rings. The van der Waals surface area contributed by atoms with Crippen molar-refractivity contribution in [3.05, 3.63) is 69.6 Å². The van der Waals surface area contributed by atoms with Gasteiger partial charge in [0.25, 0.3) is 0 Å². The minimum Gasteiger partial charge on any atom is -0.250 e. The van der Waals surface area contributed by atoms with Gasteiger partial charge in [-0.3, -0.25) is 0 Å². The molecule has 0 unspecified atom stereocenters.